The lowest BCUT2D eigenvalue weighted by Gasteiger charge is -2.15. The standard InChI is InChI=1S/C12H20F3N3O2S/c1-3-4-18-8-11(5-10(18)7-16)21(19,20)17-9(2)6-12(13,14)15/h5,8-9,17H,3-4,6-7,16H2,1-2H3. The summed E-state index contributed by atoms with van der Waals surface area (Å²) in [5.41, 5.74) is 6.16. The van der Waals surface area contributed by atoms with Crippen molar-refractivity contribution in [2.45, 2.75) is 56.9 Å². The Morgan fingerprint density at radius 3 is 2.52 bits per heavy atom. The number of aryl methyl sites for hydroxylation is 1. The fourth-order valence-electron chi connectivity index (χ4n) is 2.01. The zero-order valence-electron chi connectivity index (χ0n) is 11.9. The lowest BCUT2D eigenvalue weighted by molar-refractivity contribution is -0.137. The molecular formula is C12H20F3N3O2S. The van der Waals surface area contributed by atoms with Gasteiger partial charge in [0.25, 0.3) is 0 Å². The Labute approximate surface area is 122 Å². The number of hydrogen-bond donors (Lipinski definition) is 2. The van der Waals surface area contributed by atoms with Gasteiger partial charge in [-0.2, -0.15) is 13.2 Å². The highest BCUT2D eigenvalue weighted by atomic mass is 32.2. The van der Waals surface area contributed by atoms with Crippen LogP contribution in [0.5, 0.6) is 0 Å². The van der Waals surface area contributed by atoms with Crippen molar-refractivity contribution in [3.63, 3.8) is 0 Å². The van der Waals surface area contributed by atoms with Crippen molar-refractivity contribution in [3.05, 3.63) is 18.0 Å². The van der Waals surface area contributed by atoms with Gasteiger partial charge in [-0.3, -0.25) is 0 Å². The number of aromatic nitrogens is 1. The molecule has 0 bridgehead atoms. The summed E-state index contributed by atoms with van der Waals surface area (Å²) in [7, 11) is -3.99. The number of hydrogen-bond acceptors (Lipinski definition) is 3. The zero-order chi connectivity index (χ0) is 16.3. The summed E-state index contributed by atoms with van der Waals surface area (Å²) < 4.78 is 64.6. The van der Waals surface area contributed by atoms with Crippen molar-refractivity contribution in [1.29, 1.82) is 0 Å². The van der Waals surface area contributed by atoms with E-state index in [2.05, 4.69) is 0 Å². The minimum Gasteiger partial charge on any atom is -0.349 e. The first-order valence-corrected chi connectivity index (χ1v) is 8.05. The molecule has 1 atom stereocenters. The summed E-state index contributed by atoms with van der Waals surface area (Å²) in [6.45, 7) is 3.86. The first-order chi connectivity index (χ1) is 9.59. The third-order valence-electron chi connectivity index (χ3n) is 2.84. The lowest BCUT2D eigenvalue weighted by atomic mass is 10.2. The second-order valence-electron chi connectivity index (χ2n) is 4.91. The fourth-order valence-corrected chi connectivity index (χ4v) is 3.32. The molecule has 0 amide bonds. The molecule has 0 saturated heterocycles. The van der Waals surface area contributed by atoms with E-state index in [9.17, 15) is 21.6 Å². The number of halogens is 3. The van der Waals surface area contributed by atoms with Crippen LogP contribution in [0.1, 0.15) is 32.4 Å². The van der Waals surface area contributed by atoms with Crippen molar-refractivity contribution in [2.75, 3.05) is 0 Å². The van der Waals surface area contributed by atoms with Crippen LogP contribution in [-0.2, 0) is 23.1 Å². The van der Waals surface area contributed by atoms with E-state index in [-0.39, 0.29) is 11.4 Å². The Hall–Kier alpha value is -1.06. The molecule has 122 valence electrons. The Balaban J connectivity index is 2.92. The van der Waals surface area contributed by atoms with E-state index in [0.717, 1.165) is 6.42 Å². The molecular weight excluding hydrogens is 307 g/mol. The molecule has 21 heavy (non-hydrogen) atoms. The second kappa shape index (κ2) is 6.80. The summed E-state index contributed by atoms with van der Waals surface area (Å²) in [6, 6.07) is 0.157. The summed E-state index contributed by atoms with van der Waals surface area (Å²) in [5.74, 6) is 0. The molecule has 5 nitrogen and oxygen atoms in total. The van der Waals surface area contributed by atoms with E-state index < -0.39 is 28.7 Å². The summed E-state index contributed by atoms with van der Waals surface area (Å²) in [4.78, 5) is -0.0644. The molecule has 0 aromatic carbocycles. The monoisotopic (exact) mass is 327 g/mol. The van der Waals surface area contributed by atoms with E-state index in [0.29, 0.717) is 12.2 Å². The van der Waals surface area contributed by atoms with Gasteiger partial charge in [0.15, 0.2) is 0 Å². The second-order valence-corrected chi connectivity index (χ2v) is 6.62. The molecule has 1 aromatic heterocycles. The molecule has 1 heterocycles. The number of sulfonamides is 1. The van der Waals surface area contributed by atoms with Crippen LogP contribution >= 0.6 is 0 Å². The molecule has 0 radical (unpaired) electrons. The van der Waals surface area contributed by atoms with Crippen LogP contribution in [0.15, 0.2) is 17.2 Å². The van der Waals surface area contributed by atoms with Gasteiger partial charge in [0.2, 0.25) is 10.0 Å². The minimum atomic E-state index is -4.42. The van der Waals surface area contributed by atoms with Crippen molar-refractivity contribution in [3.8, 4) is 0 Å². The van der Waals surface area contributed by atoms with Gasteiger partial charge in [-0.05, 0) is 19.4 Å². The molecule has 1 aromatic rings. The molecule has 0 aliphatic heterocycles. The molecule has 3 N–H and O–H groups in total. The van der Waals surface area contributed by atoms with Gasteiger partial charge < -0.3 is 10.3 Å². The topological polar surface area (TPSA) is 77.1 Å². The third kappa shape index (κ3) is 5.33. The van der Waals surface area contributed by atoms with Crippen molar-refractivity contribution < 1.29 is 21.6 Å². The Bertz CT molecular complexity index is 567. The van der Waals surface area contributed by atoms with E-state index in [1.165, 1.54) is 19.2 Å². The number of nitrogens with two attached hydrogens (primary N) is 1. The van der Waals surface area contributed by atoms with Gasteiger partial charge in [0, 0.05) is 31.0 Å². The van der Waals surface area contributed by atoms with Crippen LogP contribution in [0.2, 0.25) is 0 Å². The normalized spacial score (nSPS) is 14.4. The van der Waals surface area contributed by atoms with Crippen molar-refractivity contribution >= 4 is 10.0 Å². The predicted octanol–water partition coefficient (Wildman–Crippen LogP) is 1.98. The number of nitrogens with zero attached hydrogens (tertiary/aromatic N) is 1. The van der Waals surface area contributed by atoms with Crippen molar-refractivity contribution in [1.82, 2.24) is 9.29 Å². The van der Waals surface area contributed by atoms with Crippen LogP contribution in [-0.4, -0.2) is 25.2 Å². The van der Waals surface area contributed by atoms with E-state index in [4.69, 9.17) is 5.73 Å². The molecule has 0 aliphatic carbocycles. The Morgan fingerprint density at radius 2 is 2.05 bits per heavy atom. The van der Waals surface area contributed by atoms with E-state index in [1.54, 1.807) is 4.57 Å². The maximum absolute atomic E-state index is 12.3. The summed E-state index contributed by atoms with van der Waals surface area (Å²) in [6.07, 6.45) is -3.45. The molecule has 0 saturated carbocycles. The average Bonchev–Trinajstić information content (AvgIpc) is 2.70. The van der Waals surface area contributed by atoms with Crippen LogP contribution < -0.4 is 10.5 Å². The van der Waals surface area contributed by atoms with Crippen LogP contribution in [0.4, 0.5) is 13.2 Å². The first-order valence-electron chi connectivity index (χ1n) is 6.57. The Morgan fingerprint density at radius 1 is 1.43 bits per heavy atom. The van der Waals surface area contributed by atoms with Gasteiger partial charge >= 0.3 is 6.18 Å². The maximum atomic E-state index is 12.3. The maximum Gasteiger partial charge on any atom is 0.390 e. The molecule has 1 unspecified atom stereocenters. The summed E-state index contributed by atoms with van der Waals surface area (Å²) >= 11 is 0. The summed E-state index contributed by atoms with van der Waals surface area (Å²) in [5, 5.41) is 0. The van der Waals surface area contributed by atoms with Gasteiger partial charge in [0.05, 0.1) is 11.3 Å². The minimum absolute atomic E-state index is 0.0644. The first kappa shape index (κ1) is 18.0. The van der Waals surface area contributed by atoms with Crippen molar-refractivity contribution in [2.24, 2.45) is 5.73 Å². The lowest BCUT2D eigenvalue weighted by Crippen LogP contribution is -2.35. The average molecular weight is 327 g/mol. The number of nitrogens with one attached hydrogen (secondary N) is 1. The highest BCUT2D eigenvalue weighted by Gasteiger charge is 2.32. The van der Waals surface area contributed by atoms with Crippen LogP contribution in [0, 0.1) is 0 Å². The number of alkyl halides is 3. The Kier molecular flexibility index (Phi) is 5.83. The molecule has 0 aliphatic rings. The molecule has 1 rings (SSSR count). The van der Waals surface area contributed by atoms with Gasteiger partial charge in [0.1, 0.15) is 0 Å². The SMILES string of the molecule is CCCn1cc(S(=O)(=O)NC(C)CC(F)(F)F)cc1CN. The molecule has 0 fully saturated rings. The van der Waals surface area contributed by atoms with Crippen LogP contribution in [0.25, 0.3) is 0 Å². The van der Waals surface area contributed by atoms with Gasteiger partial charge in [-0.15, -0.1) is 0 Å². The number of rotatable bonds is 7. The third-order valence-corrected chi connectivity index (χ3v) is 4.40. The predicted molar refractivity (Wildman–Crippen MR) is 73.1 cm³/mol. The van der Waals surface area contributed by atoms with Crippen LogP contribution in [0.3, 0.4) is 0 Å². The smallest absolute Gasteiger partial charge is 0.349 e. The quantitative estimate of drug-likeness (QED) is 0.804. The van der Waals surface area contributed by atoms with E-state index in [1.807, 2.05) is 11.6 Å². The zero-order valence-corrected chi connectivity index (χ0v) is 12.8. The molecule has 0 spiro atoms. The highest BCUT2D eigenvalue weighted by molar-refractivity contribution is 7.89. The largest absolute Gasteiger partial charge is 0.390 e. The molecule has 9 heteroatoms. The van der Waals surface area contributed by atoms with Gasteiger partial charge in [-0.1, -0.05) is 6.92 Å². The fraction of sp³-hybridized carbons (Fsp3) is 0.667. The highest BCUT2D eigenvalue weighted by Crippen LogP contribution is 2.22. The van der Waals surface area contributed by atoms with Gasteiger partial charge in [-0.25, -0.2) is 13.1 Å². The van der Waals surface area contributed by atoms with E-state index >= 15 is 0 Å².